The van der Waals surface area contributed by atoms with Crippen LogP contribution < -0.4 is 0 Å². The summed E-state index contributed by atoms with van der Waals surface area (Å²) in [4.78, 5) is 0.169. The number of benzene rings is 1. The zero-order valence-corrected chi connectivity index (χ0v) is 18.5. The number of rotatable bonds is 4. The smallest absolute Gasteiger partial charge is 0.246 e. The van der Waals surface area contributed by atoms with Gasteiger partial charge in [0.05, 0.1) is 22.4 Å². The average Bonchev–Trinajstić information content (AvgIpc) is 2.81. The molecule has 1 aromatic carbocycles. The molecule has 10 heteroatoms. The van der Waals surface area contributed by atoms with Crippen LogP contribution in [0.5, 0.6) is 0 Å². The van der Waals surface area contributed by atoms with Crippen LogP contribution in [0.15, 0.2) is 29.2 Å². The zero-order valence-electron chi connectivity index (χ0n) is 16.1. The number of hydrogen-bond donors (Lipinski definition) is 0. The molecule has 0 N–H and O–H groups in total. The first-order valence-electron chi connectivity index (χ1n) is 9.09. The number of aryl methyl sites for hydroxylation is 2. The van der Waals surface area contributed by atoms with Gasteiger partial charge in [-0.25, -0.2) is 16.8 Å². The largest absolute Gasteiger partial charge is 0.268 e. The second-order valence-electron chi connectivity index (χ2n) is 6.89. The van der Waals surface area contributed by atoms with Crippen molar-refractivity contribution in [3.05, 3.63) is 46.2 Å². The molecule has 154 valence electrons. The Morgan fingerprint density at radius 3 is 2.50 bits per heavy atom. The quantitative estimate of drug-likeness (QED) is 0.721. The van der Waals surface area contributed by atoms with Crippen molar-refractivity contribution in [1.29, 1.82) is 0 Å². The normalized spacial score (nSPS) is 20.8. The number of aromatic nitrogens is 2. The topological polar surface area (TPSA) is 89.3 Å². The molecule has 0 amide bonds. The molecule has 0 aliphatic carbocycles. The predicted octanol–water partition coefficient (Wildman–Crippen LogP) is 2.72. The van der Waals surface area contributed by atoms with Crippen molar-refractivity contribution in [3.8, 4) is 0 Å². The van der Waals surface area contributed by atoms with Crippen LogP contribution in [-0.4, -0.2) is 49.8 Å². The van der Waals surface area contributed by atoms with E-state index in [0.717, 1.165) is 0 Å². The fraction of sp³-hybridized carbons (Fsp3) is 0.500. The Bertz CT molecular complexity index is 1090. The van der Waals surface area contributed by atoms with E-state index in [1.165, 1.54) is 4.31 Å². The SMILES string of the molecule is CCn1nc(C)c(S(=O)(=O)N2CCC(c3ccccc3Cl)S(=O)(=O)CC2)c1C. The van der Waals surface area contributed by atoms with E-state index in [-0.39, 0.29) is 30.2 Å². The third-order valence-corrected chi connectivity index (χ3v) is 9.77. The van der Waals surface area contributed by atoms with E-state index in [2.05, 4.69) is 5.10 Å². The lowest BCUT2D eigenvalue weighted by Gasteiger charge is -2.20. The second kappa shape index (κ2) is 7.78. The molecule has 1 unspecified atom stereocenters. The first-order valence-corrected chi connectivity index (χ1v) is 12.6. The van der Waals surface area contributed by atoms with Gasteiger partial charge in [-0.05, 0) is 38.8 Å². The van der Waals surface area contributed by atoms with Crippen molar-refractivity contribution in [3.63, 3.8) is 0 Å². The minimum Gasteiger partial charge on any atom is -0.268 e. The average molecular weight is 446 g/mol. The molecule has 0 bridgehead atoms. The first kappa shape index (κ1) is 21.3. The van der Waals surface area contributed by atoms with Crippen LogP contribution in [0.1, 0.15) is 35.5 Å². The number of halogens is 1. The Morgan fingerprint density at radius 1 is 1.21 bits per heavy atom. The predicted molar refractivity (Wildman–Crippen MR) is 109 cm³/mol. The van der Waals surface area contributed by atoms with E-state index in [1.54, 1.807) is 42.8 Å². The van der Waals surface area contributed by atoms with Gasteiger partial charge in [-0.3, -0.25) is 4.68 Å². The molecule has 1 aliphatic rings. The van der Waals surface area contributed by atoms with E-state index < -0.39 is 25.1 Å². The number of sulfone groups is 1. The Balaban J connectivity index is 1.97. The molecule has 2 aromatic rings. The molecule has 1 aromatic heterocycles. The summed E-state index contributed by atoms with van der Waals surface area (Å²) in [5.74, 6) is -0.248. The summed E-state index contributed by atoms with van der Waals surface area (Å²) >= 11 is 6.21. The Labute approximate surface area is 171 Å². The van der Waals surface area contributed by atoms with Gasteiger partial charge in [0.2, 0.25) is 10.0 Å². The van der Waals surface area contributed by atoms with Crippen LogP contribution in [0, 0.1) is 13.8 Å². The molecular formula is C18H24ClN3O4S2. The highest BCUT2D eigenvalue weighted by molar-refractivity contribution is 7.92. The number of nitrogens with zero attached hydrogens (tertiary/aromatic N) is 3. The van der Waals surface area contributed by atoms with Gasteiger partial charge < -0.3 is 0 Å². The van der Waals surface area contributed by atoms with E-state index >= 15 is 0 Å². The number of sulfonamides is 1. The van der Waals surface area contributed by atoms with E-state index in [0.29, 0.717) is 28.5 Å². The van der Waals surface area contributed by atoms with Crippen LogP contribution in [-0.2, 0) is 26.4 Å². The molecule has 0 radical (unpaired) electrons. The van der Waals surface area contributed by atoms with Crippen molar-refractivity contribution in [2.45, 2.75) is 43.9 Å². The summed E-state index contributed by atoms with van der Waals surface area (Å²) in [5, 5.41) is 3.85. The molecule has 1 atom stereocenters. The highest BCUT2D eigenvalue weighted by Gasteiger charge is 2.38. The van der Waals surface area contributed by atoms with Crippen LogP contribution in [0.4, 0.5) is 0 Å². The summed E-state index contributed by atoms with van der Waals surface area (Å²) in [6.07, 6.45) is 0.158. The van der Waals surface area contributed by atoms with Crippen LogP contribution in [0.25, 0.3) is 0 Å². The highest BCUT2D eigenvalue weighted by atomic mass is 35.5. The van der Waals surface area contributed by atoms with Gasteiger partial charge in [-0.2, -0.15) is 9.40 Å². The van der Waals surface area contributed by atoms with Crippen molar-refractivity contribution in [2.75, 3.05) is 18.8 Å². The summed E-state index contributed by atoms with van der Waals surface area (Å²) < 4.78 is 55.2. The Morgan fingerprint density at radius 2 is 1.89 bits per heavy atom. The molecule has 2 heterocycles. The highest BCUT2D eigenvalue weighted by Crippen LogP contribution is 2.35. The molecule has 28 heavy (non-hydrogen) atoms. The first-order chi connectivity index (χ1) is 13.1. The second-order valence-corrected chi connectivity index (χ2v) is 11.5. The van der Waals surface area contributed by atoms with Gasteiger partial charge in [0.15, 0.2) is 9.84 Å². The van der Waals surface area contributed by atoms with Gasteiger partial charge in [0.1, 0.15) is 4.90 Å². The van der Waals surface area contributed by atoms with E-state index in [9.17, 15) is 16.8 Å². The Hall–Kier alpha value is -1.42. The fourth-order valence-corrected chi connectivity index (χ4v) is 7.83. The maximum absolute atomic E-state index is 13.3. The zero-order chi connectivity index (χ0) is 20.7. The Kier molecular flexibility index (Phi) is 5.91. The van der Waals surface area contributed by atoms with Crippen molar-refractivity contribution in [1.82, 2.24) is 14.1 Å². The maximum Gasteiger partial charge on any atom is 0.246 e. The van der Waals surface area contributed by atoms with Crippen molar-refractivity contribution >= 4 is 31.5 Å². The van der Waals surface area contributed by atoms with Gasteiger partial charge >= 0.3 is 0 Å². The lowest BCUT2D eigenvalue weighted by Crippen LogP contribution is -2.34. The van der Waals surface area contributed by atoms with Crippen molar-refractivity contribution in [2.24, 2.45) is 0 Å². The summed E-state index contributed by atoms with van der Waals surface area (Å²) in [7, 11) is -7.39. The lowest BCUT2D eigenvalue weighted by molar-refractivity contribution is 0.427. The molecule has 0 spiro atoms. The van der Waals surface area contributed by atoms with Crippen LogP contribution in [0.3, 0.4) is 0 Å². The minimum absolute atomic E-state index is 0.0815. The van der Waals surface area contributed by atoms with E-state index in [1.807, 2.05) is 6.92 Å². The molecule has 1 aliphatic heterocycles. The summed E-state index contributed by atoms with van der Waals surface area (Å²) in [6.45, 7) is 5.85. The molecular weight excluding hydrogens is 422 g/mol. The van der Waals surface area contributed by atoms with Crippen LogP contribution >= 0.6 is 11.6 Å². The minimum atomic E-state index is -3.85. The van der Waals surface area contributed by atoms with Crippen molar-refractivity contribution < 1.29 is 16.8 Å². The van der Waals surface area contributed by atoms with Gasteiger partial charge in [-0.1, -0.05) is 29.8 Å². The van der Waals surface area contributed by atoms with Crippen LogP contribution in [0.2, 0.25) is 5.02 Å². The summed E-state index contributed by atoms with van der Waals surface area (Å²) in [6, 6.07) is 6.82. The van der Waals surface area contributed by atoms with E-state index in [4.69, 9.17) is 11.6 Å². The third kappa shape index (κ3) is 3.72. The number of hydrogen-bond acceptors (Lipinski definition) is 5. The lowest BCUT2D eigenvalue weighted by atomic mass is 10.1. The molecule has 1 saturated heterocycles. The standard InChI is InChI=1S/C18H24ClN3O4S2/c1-4-22-14(3)18(13(2)20-22)28(25,26)21-10-9-17(27(23,24)12-11-21)15-7-5-6-8-16(15)19/h5-8,17H,4,9-12H2,1-3H3. The molecule has 7 nitrogen and oxygen atoms in total. The van der Waals surface area contributed by atoms with Gasteiger partial charge in [0.25, 0.3) is 0 Å². The third-order valence-electron chi connectivity index (χ3n) is 5.16. The molecule has 3 rings (SSSR count). The molecule has 1 fully saturated rings. The monoisotopic (exact) mass is 445 g/mol. The van der Waals surface area contributed by atoms with Gasteiger partial charge in [-0.15, -0.1) is 0 Å². The van der Waals surface area contributed by atoms with Gasteiger partial charge in [0, 0.05) is 24.7 Å². The molecule has 0 saturated carbocycles. The maximum atomic E-state index is 13.3. The fourth-order valence-electron chi connectivity index (χ4n) is 3.74. The summed E-state index contributed by atoms with van der Waals surface area (Å²) in [5.41, 5.74) is 1.51.